The molecule has 0 radical (unpaired) electrons. The summed E-state index contributed by atoms with van der Waals surface area (Å²) in [5.74, 6) is -0.584. The van der Waals surface area contributed by atoms with Crippen molar-refractivity contribution in [2.75, 3.05) is 0 Å². The Balaban J connectivity index is 2.29. The van der Waals surface area contributed by atoms with Gasteiger partial charge < -0.3 is 10.3 Å². The van der Waals surface area contributed by atoms with Crippen molar-refractivity contribution >= 4 is 12.2 Å². The molecule has 2 aromatic rings. The summed E-state index contributed by atoms with van der Waals surface area (Å²) in [6.45, 7) is 0.606. The van der Waals surface area contributed by atoms with Crippen LogP contribution in [0.4, 0.5) is 0 Å². The summed E-state index contributed by atoms with van der Waals surface area (Å²) < 4.78 is 1.78. The first-order chi connectivity index (χ1) is 8.20. The lowest BCUT2D eigenvalue weighted by Gasteiger charge is -2.01. The predicted octanol–water partition coefficient (Wildman–Crippen LogP) is 1.45. The minimum atomic E-state index is -0.584. The smallest absolute Gasteiger partial charge is 0.250 e. The zero-order chi connectivity index (χ0) is 12.3. The SMILES string of the molecule is NC(=O)c1cn(Cc2ccccc2)cc1C=O. The van der Waals surface area contributed by atoms with Crippen LogP contribution in [0.3, 0.4) is 0 Å². The minimum absolute atomic E-state index is 0.260. The molecule has 0 aliphatic carbocycles. The summed E-state index contributed by atoms with van der Waals surface area (Å²) in [4.78, 5) is 21.9. The lowest BCUT2D eigenvalue weighted by Crippen LogP contribution is -2.11. The van der Waals surface area contributed by atoms with Crippen molar-refractivity contribution < 1.29 is 9.59 Å². The Bertz CT molecular complexity index is 544. The highest BCUT2D eigenvalue weighted by Gasteiger charge is 2.10. The Morgan fingerprint density at radius 2 is 1.94 bits per heavy atom. The fourth-order valence-corrected chi connectivity index (χ4v) is 1.71. The summed E-state index contributed by atoms with van der Waals surface area (Å²) >= 11 is 0. The fraction of sp³-hybridized carbons (Fsp3) is 0.0769. The molecule has 0 saturated heterocycles. The number of hydrogen-bond donors (Lipinski definition) is 1. The second-order valence-electron chi connectivity index (χ2n) is 3.77. The Hall–Kier alpha value is -2.36. The number of rotatable bonds is 4. The van der Waals surface area contributed by atoms with E-state index in [9.17, 15) is 9.59 Å². The fourth-order valence-electron chi connectivity index (χ4n) is 1.71. The van der Waals surface area contributed by atoms with E-state index in [4.69, 9.17) is 5.73 Å². The summed E-state index contributed by atoms with van der Waals surface area (Å²) in [6.07, 6.45) is 3.86. The van der Waals surface area contributed by atoms with Gasteiger partial charge in [-0.15, -0.1) is 0 Å². The number of benzene rings is 1. The third-order valence-electron chi connectivity index (χ3n) is 2.51. The molecule has 2 N–H and O–H groups in total. The van der Waals surface area contributed by atoms with Crippen LogP contribution in [0.25, 0.3) is 0 Å². The molecule has 4 heteroatoms. The summed E-state index contributed by atoms with van der Waals surface area (Å²) in [5.41, 5.74) is 6.87. The van der Waals surface area contributed by atoms with Crippen molar-refractivity contribution in [3.8, 4) is 0 Å². The number of carbonyl (C=O) groups excluding carboxylic acids is 2. The second-order valence-corrected chi connectivity index (χ2v) is 3.77. The first kappa shape index (κ1) is 11.1. The van der Waals surface area contributed by atoms with Crippen molar-refractivity contribution in [1.29, 1.82) is 0 Å². The van der Waals surface area contributed by atoms with Gasteiger partial charge in [0.05, 0.1) is 5.56 Å². The first-order valence-corrected chi connectivity index (χ1v) is 5.19. The van der Waals surface area contributed by atoms with Crippen LogP contribution in [0.1, 0.15) is 26.3 Å². The van der Waals surface area contributed by atoms with Gasteiger partial charge in [0, 0.05) is 24.5 Å². The van der Waals surface area contributed by atoms with Gasteiger partial charge in [0.15, 0.2) is 6.29 Å². The van der Waals surface area contributed by atoms with E-state index in [1.54, 1.807) is 17.0 Å². The van der Waals surface area contributed by atoms with Crippen LogP contribution < -0.4 is 5.73 Å². The molecular formula is C13H12N2O2. The van der Waals surface area contributed by atoms with Gasteiger partial charge in [-0.05, 0) is 5.56 Å². The molecule has 0 spiro atoms. The average Bonchev–Trinajstić information content (AvgIpc) is 2.73. The number of nitrogens with two attached hydrogens (primary N) is 1. The third-order valence-corrected chi connectivity index (χ3v) is 2.51. The molecular weight excluding hydrogens is 216 g/mol. The van der Waals surface area contributed by atoms with Crippen molar-refractivity contribution in [3.05, 3.63) is 59.4 Å². The third kappa shape index (κ3) is 2.42. The van der Waals surface area contributed by atoms with Crippen LogP contribution in [0.2, 0.25) is 0 Å². The van der Waals surface area contributed by atoms with Crippen LogP contribution in [-0.4, -0.2) is 16.8 Å². The van der Waals surface area contributed by atoms with Gasteiger partial charge in [-0.25, -0.2) is 0 Å². The highest BCUT2D eigenvalue weighted by atomic mass is 16.1. The van der Waals surface area contributed by atoms with Crippen LogP contribution in [0.15, 0.2) is 42.7 Å². The summed E-state index contributed by atoms with van der Waals surface area (Å²) in [7, 11) is 0. The Kier molecular flexibility index (Phi) is 3.05. The molecule has 86 valence electrons. The number of amides is 1. The highest BCUT2D eigenvalue weighted by Crippen LogP contribution is 2.10. The van der Waals surface area contributed by atoms with E-state index in [0.29, 0.717) is 18.4 Å². The molecule has 1 amide bonds. The van der Waals surface area contributed by atoms with Gasteiger partial charge in [-0.1, -0.05) is 30.3 Å². The maximum Gasteiger partial charge on any atom is 0.250 e. The molecule has 17 heavy (non-hydrogen) atoms. The number of hydrogen-bond acceptors (Lipinski definition) is 2. The maximum atomic E-state index is 11.1. The largest absolute Gasteiger partial charge is 0.366 e. The quantitative estimate of drug-likeness (QED) is 0.805. The van der Waals surface area contributed by atoms with E-state index >= 15 is 0 Å². The highest BCUT2D eigenvalue weighted by molar-refractivity contribution is 6.00. The molecule has 0 fully saturated rings. The maximum absolute atomic E-state index is 11.1. The Morgan fingerprint density at radius 1 is 1.24 bits per heavy atom. The normalized spacial score (nSPS) is 10.1. The monoisotopic (exact) mass is 228 g/mol. The number of aldehydes is 1. The van der Waals surface area contributed by atoms with E-state index in [-0.39, 0.29) is 5.56 Å². The molecule has 0 unspecified atom stereocenters. The van der Waals surface area contributed by atoms with Crippen LogP contribution in [0, 0.1) is 0 Å². The molecule has 1 heterocycles. The van der Waals surface area contributed by atoms with Crippen molar-refractivity contribution in [3.63, 3.8) is 0 Å². The van der Waals surface area contributed by atoms with E-state index in [1.807, 2.05) is 30.3 Å². The van der Waals surface area contributed by atoms with E-state index in [0.717, 1.165) is 5.56 Å². The van der Waals surface area contributed by atoms with Gasteiger partial charge >= 0.3 is 0 Å². The summed E-state index contributed by atoms with van der Waals surface area (Å²) in [5, 5.41) is 0. The molecule has 0 aliphatic heterocycles. The van der Waals surface area contributed by atoms with E-state index in [2.05, 4.69) is 0 Å². The van der Waals surface area contributed by atoms with Crippen LogP contribution in [0.5, 0.6) is 0 Å². The number of nitrogens with zero attached hydrogens (tertiary/aromatic N) is 1. The molecule has 1 aromatic carbocycles. The van der Waals surface area contributed by atoms with Gasteiger partial charge in [0.2, 0.25) is 0 Å². The number of primary amides is 1. The lowest BCUT2D eigenvalue weighted by atomic mass is 10.2. The molecule has 2 rings (SSSR count). The zero-order valence-electron chi connectivity index (χ0n) is 9.17. The van der Waals surface area contributed by atoms with Gasteiger partial charge in [0.25, 0.3) is 5.91 Å². The van der Waals surface area contributed by atoms with Gasteiger partial charge in [-0.2, -0.15) is 0 Å². The van der Waals surface area contributed by atoms with Gasteiger partial charge in [-0.3, -0.25) is 9.59 Å². The molecule has 0 bridgehead atoms. The van der Waals surface area contributed by atoms with Crippen molar-refractivity contribution in [2.45, 2.75) is 6.54 Å². The van der Waals surface area contributed by atoms with Gasteiger partial charge in [0.1, 0.15) is 0 Å². The van der Waals surface area contributed by atoms with Crippen molar-refractivity contribution in [1.82, 2.24) is 4.57 Å². The molecule has 0 aliphatic rings. The molecule has 0 atom stereocenters. The standard InChI is InChI=1S/C13H12N2O2/c14-13(17)12-8-15(7-11(12)9-16)6-10-4-2-1-3-5-10/h1-5,7-9H,6H2,(H2,14,17). The predicted molar refractivity (Wildman–Crippen MR) is 63.9 cm³/mol. The molecule has 1 aromatic heterocycles. The van der Waals surface area contributed by atoms with E-state index in [1.165, 1.54) is 0 Å². The topological polar surface area (TPSA) is 65.1 Å². The number of carbonyl (C=O) groups is 2. The number of aromatic nitrogens is 1. The molecule has 4 nitrogen and oxygen atoms in total. The second kappa shape index (κ2) is 4.65. The van der Waals surface area contributed by atoms with Crippen LogP contribution in [-0.2, 0) is 6.54 Å². The Labute approximate surface area is 98.7 Å². The lowest BCUT2D eigenvalue weighted by molar-refractivity contribution is 0.0993. The van der Waals surface area contributed by atoms with E-state index < -0.39 is 5.91 Å². The van der Waals surface area contributed by atoms with Crippen LogP contribution >= 0.6 is 0 Å². The Morgan fingerprint density at radius 3 is 2.47 bits per heavy atom. The average molecular weight is 228 g/mol. The minimum Gasteiger partial charge on any atom is -0.366 e. The zero-order valence-corrected chi connectivity index (χ0v) is 9.17. The summed E-state index contributed by atoms with van der Waals surface area (Å²) in [6, 6.07) is 9.77. The van der Waals surface area contributed by atoms with Crippen molar-refractivity contribution in [2.24, 2.45) is 5.73 Å². The molecule has 0 saturated carbocycles. The first-order valence-electron chi connectivity index (χ1n) is 5.19.